The van der Waals surface area contributed by atoms with Gasteiger partial charge in [0.15, 0.2) is 0 Å². The maximum atomic E-state index is 10.7. The number of rotatable bonds is 3. The lowest BCUT2D eigenvalue weighted by molar-refractivity contribution is -0.0224. The number of aliphatic hydroxyl groups is 1. The Morgan fingerprint density at radius 2 is 1.56 bits per heavy atom. The van der Waals surface area contributed by atoms with Crippen molar-refractivity contribution in [1.82, 2.24) is 5.32 Å². The van der Waals surface area contributed by atoms with Gasteiger partial charge in [-0.2, -0.15) is 0 Å². The lowest BCUT2D eigenvalue weighted by Gasteiger charge is -2.41. The number of benzene rings is 1. The third kappa shape index (κ3) is 2.63. The van der Waals surface area contributed by atoms with Crippen LogP contribution in [0.15, 0.2) is 30.3 Å². The lowest BCUT2D eigenvalue weighted by atomic mass is 9.74. The van der Waals surface area contributed by atoms with Gasteiger partial charge in [0.2, 0.25) is 0 Å². The van der Waals surface area contributed by atoms with Crippen molar-refractivity contribution in [2.75, 3.05) is 7.05 Å². The zero-order valence-electron chi connectivity index (χ0n) is 10.9. The molecule has 2 nitrogen and oxygen atoms in total. The van der Waals surface area contributed by atoms with Crippen molar-refractivity contribution in [3.05, 3.63) is 35.9 Å². The Balaban J connectivity index is 3.09. The van der Waals surface area contributed by atoms with Crippen LogP contribution in [0.1, 0.15) is 33.3 Å². The summed E-state index contributed by atoms with van der Waals surface area (Å²) in [6.45, 7) is 8.26. The maximum Gasteiger partial charge on any atom is 0.103 e. The molecule has 2 N–H and O–H groups in total. The fourth-order valence-electron chi connectivity index (χ4n) is 2.50. The maximum absolute atomic E-state index is 10.7. The first-order valence-electron chi connectivity index (χ1n) is 5.75. The van der Waals surface area contributed by atoms with Crippen LogP contribution < -0.4 is 5.32 Å². The van der Waals surface area contributed by atoms with E-state index in [-0.39, 0.29) is 11.5 Å². The molecule has 0 amide bonds. The minimum absolute atomic E-state index is 0.00222. The number of hydrogen-bond donors (Lipinski definition) is 2. The molecule has 0 radical (unpaired) electrons. The minimum atomic E-state index is -0.867. The minimum Gasteiger partial charge on any atom is -0.384 e. The quantitative estimate of drug-likeness (QED) is 0.822. The van der Waals surface area contributed by atoms with Crippen LogP contribution in [0.4, 0.5) is 0 Å². The predicted octanol–water partition coefficient (Wildman–Crippen LogP) is 2.53. The Labute approximate surface area is 98.7 Å². The van der Waals surface area contributed by atoms with Gasteiger partial charge in [-0.05, 0) is 24.9 Å². The van der Waals surface area contributed by atoms with Crippen LogP contribution >= 0.6 is 0 Å². The average molecular weight is 221 g/mol. The van der Waals surface area contributed by atoms with Crippen molar-refractivity contribution in [2.24, 2.45) is 5.41 Å². The summed E-state index contributed by atoms with van der Waals surface area (Å²) in [5.41, 5.74) is 0.0757. The molecule has 0 saturated heterocycles. The van der Waals surface area contributed by atoms with Gasteiger partial charge in [0, 0.05) is 6.04 Å². The highest BCUT2D eigenvalue weighted by atomic mass is 16.3. The molecular formula is C14H23NO. The van der Waals surface area contributed by atoms with E-state index in [9.17, 15) is 5.11 Å². The van der Waals surface area contributed by atoms with Gasteiger partial charge in [0.25, 0.3) is 0 Å². The van der Waals surface area contributed by atoms with E-state index in [0.29, 0.717) is 0 Å². The first kappa shape index (κ1) is 13.2. The lowest BCUT2D eigenvalue weighted by Crippen LogP contribution is -2.52. The molecule has 16 heavy (non-hydrogen) atoms. The van der Waals surface area contributed by atoms with E-state index >= 15 is 0 Å². The molecule has 0 fully saturated rings. The predicted molar refractivity (Wildman–Crippen MR) is 68.3 cm³/mol. The van der Waals surface area contributed by atoms with Crippen molar-refractivity contribution in [2.45, 2.75) is 39.3 Å². The topological polar surface area (TPSA) is 32.3 Å². The van der Waals surface area contributed by atoms with Crippen LogP contribution in [0.2, 0.25) is 0 Å². The van der Waals surface area contributed by atoms with Gasteiger partial charge in [0.05, 0.1) is 0 Å². The highest BCUT2D eigenvalue weighted by Crippen LogP contribution is 2.34. The van der Waals surface area contributed by atoms with Crippen molar-refractivity contribution in [3.8, 4) is 0 Å². The molecule has 1 rings (SSSR count). The molecular weight excluding hydrogens is 198 g/mol. The fourth-order valence-corrected chi connectivity index (χ4v) is 2.50. The highest BCUT2D eigenvalue weighted by molar-refractivity contribution is 5.24. The highest BCUT2D eigenvalue weighted by Gasteiger charge is 2.39. The third-order valence-electron chi connectivity index (χ3n) is 3.08. The van der Waals surface area contributed by atoms with Crippen molar-refractivity contribution < 1.29 is 5.11 Å². The fraction of sp³-hybridized carbons (Fsp3) is 0.571. The molecule has 0 saturated carbocycles. The third-order valence-corrected chi connectivity index (χ3v) is 3.08. The molecule has 0 aliphatic heterocycles. The molecule has 1 aromatic carbocycles. The van der Waals surface area contributed by atoms with E-state index in [4.69, 9.17) is 0 Å². The Kier molecular flexibility index (Phi) is 3.76. The molecule has 0 aliphatic carbocycles. The monoisotopic (exact) mass is 221 g/mol. The van der Waals surface area contributed by atoms with Gasteiger partial charge in [0.1, 0.15) is 5.60 Å². The van der Waals surface area contributed by atoms with E-state index in [2.05, 4.69) is 26.1 Å². The smallest absolute Gasteiger partial charge is 0.103 e. The van der Waals surface area contributed by atoms with Gasteiger partial charge >= 0.3 is 0 Å². The largest absolute Gasteiger partial charge is 0.384 e. The van der Waals surface area contributed by atoms with Gasteiger partial charge in [-0.1, -0.05) is 51.1 Å². The second-order valence-corrected chi connectivity index (χ2v) is 5.60. The van der Waals surface area contributed by atoms with Gasteiger partial charge in [-0.3, -0.25) is 0 Å². The summed E-state index contributed by atoms with van der Waals surface area (Å²) in [4.78, 5) is 0. The van der Waals surface area contributed by atoms with Crippen LogP contribution in [0, 0.1) is 5.41 Å². The van der Waals surface area contributed by atoms with Gasteiger partial charge in [-0.25, -0.2) is 0 Å². The molecule has 0 aliphatic rings. The van der Waals surface area contributed by atoms with E-state index in [0.717, 1.165) is 5.56 Å². The number of likely N-dealkylation sites (N-methyl/N-ethyl adjacent to an activating group) is 1. The van der Waals surface area contributed by atoms with E-state index < -0.39 is 5.60 Å². The molecule has 2 heteroatoms. The average Bonchev–Trinajstić information content (AvgIpc) is 2.17. The summed E-state index contributed by atoms with van der Waals surface area (Å²) in [6, 6.07) is 9.82. The normalized spacial score (nSPS) is 17.9. The first-order chi connectivity index (χ1) is 7.30. The van der Waals surface area contributed by atoms with Crippen LogP contribution in [0.25, 0.3) is 0 Å². The van der Waals surface area contributed by atoms with E-state index in [1.165, 1.54) is 0 Å². The number of nitrogens with one attached hydrogen (secondary N) is 1. The Morgan fingerprint density at radius 3 is 1.94 bits per heavy atom. The van der Waals surface area contributed by atoms with Crippen LogP contribution in [-0.2, 0) is 5.60 Å². The van der Waals surface area contributed by atoms with Crippen LogP contribution in [0.5, 0.6) is 0 Å². The Hall–Kier alpha value is -0.860. The summed E-state index contributed by atoms with van der Waals surface area (Å²) in [5.74, 6) is 0. The van der Waals surface area contributed by atoms with Crippen molar-refractivity contribution >= 4 is 0 Å². The van der Waals surface area contributed by atoms with Crippen LogP contribution in [0.3, 0.4) is 0 Å². The summed E-state index contributed by atoms with van der Waals surface area (Å²) in [6.07, 6.45) is 0. The molecule has 0 aromatic heterocycles. The number of hydrogen-bond acceptors (Lipinski definition) is 2. The summed E-state index contributed by atoms with van der Waals surface area (Å²) < 4.78 is 0. The Morgan fingerprint density at radius 1 is 1.06 bits per heavy atom. The molecule has 0 spiro atoms. The molecule has 0 heterocycles. The summed E-state index contributed by atoms with van der Waals surface area (Å²) in [5, 5.41) is 13.9. The Bertz CT molecular complexity index is 324. The first-order valence-corrected chi connectivity index (χ1v) is 5.75. The molecule has 90 valence electrons. The molecule has 0 bridgehead atoms. The SMILES string of the molecule is CN[C@@H](C(C)(C)C)[C@](C)(O)c1ccccc1. The van der Waals surface area contributed by atoms with Gasteiger partial charge < -0.3 is 10.4 Å². The van der Waals surface area contributed by atoms with Crippen molar-refractivity contribution in [3.63, 3.8) is 0 Å². The summed E-state index contributed by atoms with van der Waals surface area (Å²) in [7, 11) is 1.90. The van der Waals surface area contributed by atoms with Crippen LogP contribution in [-0.4, -0.2) is 18.2 Å². The van der Waals surface area contributed by atoms with Gasteiger partial charge in [-0.15, -0.1) is 0 Å². The van der Waals surface area contributed by atoms with E-state index in [1.54, 1.807) is 0 Å². The zero-order valence-corrected chi connectivity index (χ0v) is 10.9. The second kappa shape index (κ2) is 4.56. The standard InChI is InChI=1S/C14H23NO/c1-13(2,3)12(15-5)14(4,16)11-9-7-6-8-10-11/h6-10,12,15-16H,1-5H3/t12-,14+/m0/s1. The van der Waals surface area contributed by atoms with E-state index in [1.807, 2.05) is 44.3 Å². The molecule has 2 atom stereocenters. The second-order valence-electron chi connectivity index (χ2n) is 5.60. The zero-order chi connectivity index (χ0) is 12.4. The summed E-state index contributed by atoms with van der Waals surface area (Å²) >= 11 is 0. The molecule has 0 unspecified atom stereocenters. The molecule has 1 aromatic rings. The van der Waals surface area contributed by atoms with Crippen molar-refractivity contribution in [1.29, 1.82) is 0 Å².